The number of rotatable bonds is 7. The minimum atomic E-state index is -0.295. The zero-order chi connectivity index (χ0) is 16.9. The van der Waals surface area contributed by atoms with Crippen molar-refractivity contribution in [3.05, 3.63) is 41.3 Å². The van der Waals surface area contributed by atoms with Crippen LogP contribution in [0.15, 0.2) is 22.9 Å². The van der Waals surface area contributed by atoms with Crippen LogP contribution in [-0.2, 0) is 6.42 Å². The molecule has 0 aliphatic heterocycles. The van der Waals surface area contributed by atoms with Crippen LogP contribution in [0.5, 0.6) is 0 Å². The summed E-state index contributed by atoms with van der Waals surface area (Å²) in [5.41, 5.74) is 2.33. The summed E-state index contributed by atoms with van der Waals surface area (Å²) in [4.78, 5) is 8.61. The van der Waals surface area contributed by atoms with Gasteiger partial charge in [0.1, 0.15) is 0 Å². The Morgan fingerprint density at radius 1 is 1.29 bits per heavy atom. The highest BCUT2D eigenvalue weighted by molar-refractivity contribution is 5.13. The minimum Gasteiger partial charge on any atom is -0.393 e. The summed E-state index contributed by atoms with van der Waals surface area (Å²) in [6, 6.07) is 4.19. The fourth-order valence-electron chi connectivity index (χ4n) is 3.35. The van der Waals surface area contributed by atoms with Crippen LogP contribution in [0.1, 0.15) is 48.2 Å². The maximum Gasteiger partial charge on any atom is 0.229 e. The first-order chi connectivity index (χ1) is 11.6. The number of pyridine rings is 1. The molecule has 0 amide bonds. The van der Waals surface area contributed by atoms with Crippen molar-refractivity contribution in [1.82, 2.24) is 20.4 Å². The summed E-state index contributed by atoms with van der Waals surface area (Å²) in [5, 5.41) is 17.6. The Labute approximate surface area is 142 Å². The third-order valence-corrected chi connectivity index (χ3v) is 4.75. The van der Waals surface area contributed by atoms with Crippen LogP contribution >= 0.6 is 0 Å². The molecule has 130 valence electrons. The van der Waals surface area contributed by atoms with E-state index in [-0.39, 0.29) is 17.9 Å². The average molecular weight is 330 g/mol. The van der Waals surface area contributed by atoms with Gasteiger partial charge in [-0.2, -0.15) is 4.98 Å². The molecule has 0 aromatic carbocycles. The molecule has 2 heterocycles. The summed E-state index contributed by atoms with van der Waals surface area (Å²) in [6.07, 6.45) is 5.36. The number of nitrogens with one attached hydrogen (secondary N) is 1. The molecule has 3 rings (SSSR count). The topological polar surface area (TPSA) is 84.1 Å². The van der Waals surface area contributed by atoms with Crippen LogP contribution in [0.2, 0.25) is 0 Å². The first kappa shape index (κ1) is 17.0. The number of hydrogen-bond donors (Lipinski definition) is 2. The largest absolute Gasteiger partial charge is 0.393 e. The van der Waals surface area contributed by atoms with Gasteiger partial charge in [-0.3, -0.25) is 4.98 Å². The molecule has 1 fully saturated rings. The van der Waals surface area contributed by atoms with E-state index < -0.39 is 0 Å². The fourth-order valence-corrected chi connectivity index (χ4v) is 3.35. The molecular weight excluding hydrogens is 304 g/mol. The lowest BCUT2D eigenvalue weighted by atomic mass is 10.0. The fraction of sp³-hybridized carbons (Fsp3) is 0.611. The lowest BCUT2D eigenvalue weighted by Gasteiger charge is -2.14. The molecule has 1 saturated carbocycles. The van der Waals surface area contributed by atoms with Crippen LogP contribution in [-0.4, -0.2) is 39.4 Å². The SMILES string of the molecule is Cc1ccc(CCCNC[C@H]2C[C@H](c3nc(C)no3)C[C@H]2O)cn1. The van der Waals surface area contributed by atoms with Gasteiger partial charge in [0.15, 0.2) is 5.82 Å². The number of aliphatic hydroxyl groups is 1. The van der Waals surface area contributed by atoms with Crippen LogP contribution in [0, 0.1) is 19.8 Å². The molecule has 6 nitrogen and oxygen atoms in total. The van der Waals surface area contributed by atoms with Crippen molar-refractivity contribution >= 4 is 0 Å². The van der Waals surface area contributed by atoms with Gasteiger partial charge in [0.05, 0.1) is 6.10 Å². The molecule has 6 heteroatoms. The second kappa shape index (κ2) is 7.85. The molecular formula is C18H26N4O2. The van der Waals surface area contributed by atoms with E-state index in [9.17, 15) is 5.11 Å². The van der Waals surface area contributed by atoms with E-state index in [4.69, 9.17) is 4.52 Å². The Morgan fingerprint density at radius 2 is 2.17 bits per heavy atom. The van der Waals surface area contributed by atoms with Gasteiger partial charge in [-0.25, -0.2) is 0 Å². The van der Waals surface area contributed by atoms with Crippen molar-refractivity contribution in [2.75, 3.05) is 13.1 Å². The van der Waals surface area contributed by atoms with E-state index in [1.165, 1.54) is 5.56 Å². The Balaban J connectivity index is 1.36. The zero-order valence-corrected chi connectivity index (χ0v) is 14.4. The highest BCUT2D eigenvalue weighted by Gasteiger charge is 2.36. The molecule has 1 aliphatic rings. The van der Waals surface area contributed by atoms with Gasteiger partial charge in [0, 0.05) is 24.4 Å². The molecule has 24 heavy (non-hydrogen) atoms. The number of aryl methyl sites for hydroxylation is 3. The Bertz CT molecular complexity index is 641. The Morgan fingerprint density at radius 3 is 2.88 bits per heavy atom. The summed E-state index contributed by atoms with van der Waals surface area (Å²) < 4.78 is 5.25. The predicted octanol–water partition coefficient (Wildman–Crippen LogP) is 2.16. The molecule has 3 atom stereocenters. The van der Waals surface area contributed by atoms with E-state index in [1.807, 2.05) is 20.0 Å². The van der Waals surface area contributed by atoms with E-state index in [0.29, 0.717) is 18.1 Å². The summed E-state index contributed by atoms with van der Waals surface area (Å²) in [6.45, 7) is 5.60. The number of aromatic nitrogens is 3. The second-order valence-corrected chi connectivity index (χ2v) is 6.79. The van der Waals surface area contributed by atoms with Gasteiger partial charge >= 0.3 is 0 Å². The van der Waals surface area contributed by atoms with Crippen molar-refractivity contribution < 1.29 is 9.63 Å². The molecule has 2 N–H and O–H groups in total. The molecule has 1 aliphatic carbocycles. The van der Waals surface area contributed by atoms with Crippen LogP contribution in [0.4, 0.5) is 0 Å². The number of nitrogens with zero attached hydrogens (tertiary/aromatic N) is 3. The molecule has 2 aromatic heterocycles. The van der Waals surface area contributed by atoms with Crippen molar-refractivity contribution in [2.24, 2.45) is 5.92 Å². The van der Waals surface area contributed by atoms with Gasteiger partial charge < -0.3 is 14.9 Å². The lowest BCUT2D eigenvalue weighted by Crippen LogP contribution is -2.28. The molecule has 0 bridgehead atoms. The quantitative estimate of drug-likeness (QED) is 0.757. The van der Waals surface area contributed by atoms with Crippen molar-refractivity contribution in [3.8, 4) is 0 Å². The van der Waals surface area contributed by atoms with E-state index in [0.717, 1.165) is 38.0 Å². The number of aliphatic hydroxyl groups excluding tert-OH is 1. The Hall–Kier alpha value is -1.79. The molecule has 0 unspecified atom stereocenters. The molecule has 0 spiro atoms. The standard InChI is InChI=1S/C18H26N4O2/c1-12-5-6-14(10-20-12)4-3-7-19-11-16-8-15(9-17(16)23)18-21-13(2)22-24-18/h5-6,10,15-17,19,23H,3-4,7-9,11H2,1-2H3/t15-,16+,17+/m0/s1. The third kappa shape index (κ3) is 4.39. The molecule has 0 saturated heterocycles. The average Bonchev–Trinajstić information content (AvgIpc) is 3.15. The van der Waals surface area contributed by atoms with E-state index in [2.05, 4.69) is 32.6 Å². The smallest absolute Gasteiger partial charge is 0.229 e. The van der Waals surface area contributed by atoms with Crippen molar-refractivity contribution in [1.29, 1.82) is 0 Å². The van der Waals surface area contributed by atoms with Gasteiger partial charge in [-0.15, -0.1) is 0 Å². The van der Waals surface area contributed by atoms with Gasteiger partial charge in [-0.05, 0) is 63.6 Å². The van der Waals surface area contributed by atoms with Crippen LogP contribution in [0.3, 0.4) is 0 Å². The highest BCUT2D eigenvalue weighted by Crippen LogP contribution is 2.37. The van der Waals surface area contributed by atoms with E-state index >= 15 is 0 Å². The first-order valence-corrected chi connectivity index (χ1v) is 8.72. The zero-order valence-electron chi connectivity index (χ0n) is 14.4. The molecule has 0 radical (unpaired) electrons. The molecule has 2 aromatic rings. The van der Waals surface area contributed by atoms with Gasteiger partial charge in [0.25, 0.3) is 0 Å². The van der Waals surface area contributed by atoms with Crippen LogP contribution in [0.25, 0.3) is 0 Å². The van der Waals surface area contributed by atoms with Crippen molar-refractivity contribution in [2.45, 2.75) is 51.6 Å². The maximum absolute atomic E-state index is 10.2. The first-order valence-electron chi connectivity index (χ1n) is 8.72. The number of hydrogen-bond acceptors (Lipinski definition) is 6. The van der Waals surface area contributed by atoms with E-state index in [1.54, 1.807) is 0 Å². The summed E-state index contributed by atoms with van der Waals surface area (Å²) >= 11 is 0. The Kier molecular flexibility index (Phi) is 5.58. The monoisotopic (exact) mass is 330 g/mol. The van der Waals surface area contributed by atoms with Crippen molar-refractivity contribution in [3.63, 3.8) is 0 Å². The highest BCUT2D eigenvalue weighted by atomic mass is 16.5. The van der Waals surface area contributed by atoms with Crippen LogP contribution < -0.4 is 5.32 Å². The summed E-state index contributed by atoms with van der Waals surface area (Å²) in [5.74, 6) is 1.77. The minimum absolute atomic E-state index is 0.187. The maximum atomic E-state index is 10.2. The predicted molar refractivity (Wildman–Crippen MR) is 90.7 cm³/mol. The summed E-state index contributed by atoms with van der Waals surface area (Å²) in [7, 11) is 0. The second-order valence-electron chi connectivity index (χ2n) is 6.79. The van der Waals surface area contributed by atoms with Gasteiger partial charge in [-0.1, -0.05) is 11.2 Å². The normalized spacial score (nSPS) is 23.7. The van der Waals surface area contributed by atoms with Gasteiger partial charge in [0.2, 0.25) is 5.89 Å². The third-order valence-electron chi connectivity index (χ3n) is 4.75. The lowest BCUT2D eigenvalue weighted by molar-refractivity contribution is 0.130.